The van der Waals surface area contributed by atoms with Gasteiger partial charge in [-0.2, -0.15) is 0 Å². The number of hydrogen-bond acceptors (Lipinski definition) is 3. The summed E-state index contributed by atoms with van der Waals surface area (Å²) in [5.74, 6) is 0.396. The summed E-state index contributed by atoms with van der Waals surface area (Å²) in [7, 11) is 0. The number of rotatable bonds is 5. The molecule has 4 heteroatoms. The monoisotopic (exact) mass is 214 g/mol. The SMILES string of the molecule is CC(C)COC(=O)NCCC1CCCN1. The largest absolute Gasteiger partial charge is 0.449 e. The van der Waals surface area contributed by atoms with E-state index >= 15 is 0 Å². The molecule has 0 aromatic carbocycles. The highest BCUT2D eigenvalue weighted by Gasteiger charge is 2.13. The van der Waals surface area contributed by atoms with E-state index in [0.717, 1.165) is 13.0 Å². The van der Waals surface area contributed by atoms with Crippen molar-refractivity contribution in [2.24, 2.45) is 5.92 Å². The summed E-state index contributed by atoms with van der Waals surface area (Å²) in [6, 6.07) is 0.579. The lowest BCUT2D eigenvalue weighted by Crippen LogP contribution is -2.31. The van der Waals surface area contributed by atoms with E-state index < -0.39 is 0 Å². The quantitative estimate of drug-likeness (QED) is 0.729. The van der Waals surface area contributed by atoms with Crippen LogP contribution in [0.2, 0.25) is 0 Å². The summed E-state index contributed by atoms with van der Waals surface area (Å²) in [6.07, 6.45) is 3.18. The Labute approximate surface area is 91.8 Å². The van der Waals surface area contributed by atoms with Crippen molar-refractivity contribution in [1.29, 1.82) is 0 Å². The zero-order chi connectivity index (χ0) is 11.1. The van der Waals surface area contributed by atoms with Crippen LogP contribution < -0.4 is 10.6 Å². The zero-order valence-corrected chi connectivity index (χ0v) is 9.71. The van der Waals surface area contributed by atoms with Crippen molar-refractivity contribution in [1.82, 2.24) is 10.6 Å². The molecular weight excluding hydrogens is 192 g/mol. The molecule has 1 amide bonds. The van der Waals surface area contributed by atoms with Gasteiger partial charge in [-0.05, 0) is 31.7 Å². The number of hydrogen-bond donors (Lipinski definition) is 2. The summed E-state index contributed by atoms with van der Waals surface area (Å²) in [6.45, 7) is 6.36. The van der Waals surface area contributed by atoms with Crippen LogP contribution in [0.15, 0.2) is 0 Å². The molecule has 88 valence electrons. The fraction of sp³-hybridized carbons (Fsp3) is 0.909. The smallest absolute Gasteiger partial charge is 0.407 e. The molecule has 0 radical (unpaired) electrons. The number of alkyl carbamates (subject to hydrolysis) is 1. The van der Waals surface area contributed by atoms with Crippen molar-refractivity contribution in [3.63, 3.8) is 0 Å². The summed E-state index contributed by atoms with van der Waals surface area (Å²) < 4.78 is 5.00. The maximum atomic E-state index is 11.2. The second-order valence-electron chi connectivity index (χ2n) is 4.50. The minimum atomic E-state index is -0.290. The van der Waals surface area contributed by atoms with Gasteiger partial charge < -0.3 is 15.4 Å². The molecule has 0 aromatic rings. The number of ether oxygens (including phenoxy) is 1. The first-order chi connectivity index (χ1) is 7.18. The predicted molar refractivity (Wildman–Crippen MR) is 59.8 cm³/mol. The van der Waals surface area contributed by atoms with Gasteiger partial charge in [0.2, 0.25) is 0 Å². The standard InChI is InChI=1S/C11H22N2O2/c1-9(2)8-15-11(14)13-7-5-10-4-3-6-12-10/h9-10,12H,3-8H2,1-2H3,(H,13,14). The molecule has 1 atom stereocenters. The van der Waals surface area contributed by atoms with Crippen LogP contribution in [0.25, 0.3) is 0 Å². The van der Waals surface area contributed by atoms with E-state index in [4.69, 9.17) is 4.74 Å². The van der Waals surface area contributed by atoms with E-state index in [9.17, 15) is 4.79 Å². The van der Waals surface area contributed by atoms with Gasteiger partial charge in [0.05, 0.1) is 6.61 Å². The molecule has 15 heavy (non-hydrogen) atoms. The predicted octanol–water partition coefficient (Wildman–Crippen LogP) is 1.51. The third-order valence-electron chi connectivity index (χ3n) is 2.47. The van der Waals surface area contributed by atoms with E-state index in [-0.39, 0.29) is 6.09 Å². The minimum absolute atomic E-state index is 0.290. The fourth-order valence-electron chi connectivity index (χ4n) is 1.64. The van der Waals surface area contributed by atoms with Gasteiger partial charge in [0.1, 0.15) is 0 Å². The van der Waals surface area contributed by atoms with Crippen LogP contribution in [0.3, 0.4) is 0 Å². The van der Waals surface area contributed by atoms with Gasteiger partial charge in [0.25, 0.3) is 0 Å². The second kappa shape index (κ2) is 6.67. The van der Waals surface area contributed by atoms with Gasteiger partial charge in [0, 0.05) is 12.6 Å². The summed E-state index contributed by atoms with van der Waals surface area (Å²) in [5.41, 5.74) is 0. The van der Waals surface area contributed by atoms with Crippen molar-refractivity contribution in [3.8, 4) is 0 Å². The highest BCUT2D eigenvalue weighted by atomic mass is 16.5. The number of carbonyl (C=O) groups excluding carboxylic acids is 1. The molecular formula is C11H22N2O2. The Hall–Kier alpha value is -0.770. The van der Waals surface area contributed by atoms with Crippen molar-refractivity contribution in [2.45, 2.75) is 39.2 Å². The minimum Gasteiger partial charge on any atom is -0.449 e. The number of carbonyl (C=O) groups is 1. The van der Waals surface area contributed by atoms with Gasteiger partial charge in [-0.1, -0.05) is 13.8 Å². The van der Waals surface area contributed by atoms with Crippen LogP contribution in [0, 0.1) is 5.92 Å². The van der Waals surface area contributed by atoms with Gasteiger partial charge in [0.15, 0.2) is 0 Å². The number of nitrogens with one attached hydrogen (secondary N) is 2. The second-order valence-corrected chi connectivity index (χ2v) is 4.50. The van der Waals surface area contributed by atoms with Crippen LogP contribution in [0.4, 0.5) is 4.79 Å². The van der Waals surface area contributed by atoms with Crippen LogP contribution in [-0.4, -0.2) is 31.8 Å². The highest BCUT2D eigenvalue weighted by Crippen LogP contribution is 2.07. The first-order valence-corrected chi connectivity index (χ1v) is 5.82. The molecule has 1 aliphatic heterocycles. The molecule has 0 aromatic heterocycles. The van der Waals surface area contributed by atoms with E-state index in [0.29, 0.717) is 25.1 Å². The Bertz CT molecular complexity index is 189. The van der Waals surface area contributed by atoms with Crippen LogP contribution in [-0.2, 0) is 4.74 Å². The van der Waals surface area contributed by atoms with Gasteiger partial charge in [-0.15, -0.1) is 0 Å². The topological polar surface area (TPSA) is 50.4 Å². The number of amides is 1. The molecule has 0 saturated carbocycles. The highest BCUT2D eigenvalue weighted by molar-refractivity contribution is 5.67. The molecule has 1 unspecified atom stereocenters. The Morgan fingerprint density at radius 1 is 1.60 bits per heavy atom. The van der Waals surface area contributed by atoms with Gasteiger partial charge in [-0.3, -0.25) is 0 Å². The lowest BCUT2D eigenvalue weighted by molar-refractivity contribution is 0.132. The molecule has 1 saturated heterocycles. The Morgan fingerprint density at radius 3 is 3.00 bits per heavy atom. The molecule has 0 bridgehead atoms. The average molecular weight is 214 g/mol. The van der Waals surface area contributed by atoms with Gasteiger partial charge in [-0.25, -0.2) is 4.79 Å². The van der Waals surface area contributed by atoms with Crippen LogP contribution >= 0.6 is 0 Å². The maximum absolute atomic E-state index is 11.2. The third-order valence-corrected chi connectivity index (χ3v) is 2.47. The molecule has 4 nitrogen and oxygen atoms in total. The van der Waals surface area contributed by atoms with E-state index in [2.05, 4.69) is 10.6 Å². The lowest BCUT2D eigenvalue weighted by atomic mass is 10.2. The first-order valence-electron chi connectivity index (χ1n) is 5.82. The van der Waals surface area contributed by atoms with Crippen molar-refractivity contribution in [3.05, 3.63) is 0 Å². The van der Waals surface area contributed by atoms with Crippen LogP contribution in [0.1, 0.15) is 33.1 Å². The van der Waals surface area contributed by atoms with Crippen molar-refractivity contribution in [2.75, 3.05) is 19.7 Å². The summed E-state index contributed by atoms with van der Waals surface area (Å²) >= 11 is 0. The molecule has 1 heterocycles. The summed E-state index contributed by atoms with van der Waals surface area (Å²) in [5, 5.41) is 6.15. The molecule has 1 rings (SSSR count). The molecule has 1 fully saturated rings. The van der Waals surface area contributed by atoms with E-state index in [1.807, 2.05) is 13.8 Å². The molecule has 2 N–H and O–H groups in total. The lowest BCUT2D eigenvalue weighted by Gasteiger charge is -2.11. The zero-order valence-electron chi connectivity index (χ0n) is 9.71. The van der Waals surface area contributed by atoms with Crippen molar-refractivity contribution < 1.29 is 9.53 Å². The molecule has 0 aliphatic carbocycles. The van der Waals surface area contributed by atoms with Gasteiger partial charge >= 0.3 is 6.09 Å². The Morgan fingerprint density at radius 2 is 2.40 bits per heavy atom. The van der Waals surface area contributed by atoms with Crippen molar-refractivity contribution >= 4 is 6.09 Å². The first kappa shape index (κ1) is 12.3. The van der Waals surface area contributed by atoms with E-state index in [1.165, 1.54) is 12.8 Å². The fourth-order valence-corrected chi connectivity index (χ4v) is 1.64. The molecule has 1 aliphatic rings. The molecule has 0 spiro atoms. The summed E-state index contributed by atoms with van der Waals surface area (Å²) in [4.78, 5) is 11.2. The average Bonchev–Trinajstić information content (AvgIpc) is 2.67. The Kier molecular flexibility index (Phi) is 5.47. The van der Waals surface area contributed by atoms with E-state index in [1.54, 1.807) is 0 Å². The Balaban J connectivity index is 1.96. The third kappa shape index (κ3) is 5.62. The van der Waals surface area contributed by atoms with Crippen LogP contribution in [0.5, 0.6) is 0 Å². The normalized spacial score (nSPS) is 20.6. The maximum Gasteiger partial charge on any atom is 0.407 e.